The summed E-state index contributed by atoms with van der Waals surface area (Å²) in [6.45, 7) is 0. The van der Waals surface area contributed by atoms with Crippen molar-refractivity contribution in [2.45, 2.75) is 0 Å². The Morgan fingerprint density at radius 3 is 1.21 bits per heavy atom. The lowest BCUT2D eigenvalue weighted by atomic mass is 9.80. The van der Waals surface area contributed by atoms with Crippen molar-refractivity contribution in [2.75, 3.05) is 0 Å². The van der Waals surface area contributed by atoms with Crippen molar-refractivity contribution in [3.63, 3.8) is 0 Å². The van der Waals surface area contributed by atoms with Crippen LogP contribution >= 0.6 is 38.6 Å². The second kappa shape index (κ2) is 21.1. The van der Waals surface area contributed by atoms with Crippen LogP contribution < -0.4 is 5.46 Å². The summed E-state index contributed by atoms with van der Waals surface area (Å²) < 4.78 is 10.6. The molecule has 0 bridgehead atoms. The van der Waals surface area contributed by atoms with E-state index in [0.29, 0.717) is 5.46 Å². The van der Waals surface area contributed by atoms with Gasteiger partial charge in [0.2, 0.25) is 0 Å². The lowest BCUT2D eigenvalue weighted by molar-refractivity contribution is 0.426. The molecule has 0 atom stereocenters. The van der Waals surface area contributed by atoms with Crippen molar-refractivity contribution in [3.8, 4) is 44.8 Å². The van der Waals surface area contributed by atoms with Crippen LogP contribution in [0.25, 0.3) is 129 Å². The summed E-state index contributed by atoms with van der Waals surface area (Å²) >= 11 is 7.00. The molecule has 0 unspecified atom stereocenters. The van der Waals surface area contributed by atoms with E-state index in [1.807, 2.05) is 41.7 Å². The maximum absolute atomic E-state index is 9.31. The van der Waals surface area contributed by atoms with Crippen LogP contribution in [0.1, 0.15) is 0 Å². The van der Waals surface area contributed by atoms with Crippen molar-refractivity contribution >= 4 is 135 Å². The van der Waals surface area contributed by atoms with Gasteiger partial charge in [-0.2, -0.15) is 0 Å². The van der Waals surface area contributed by atoms with Gasteiger partial charge in [-0.25, -0.2) is 0 Å². The molecule has 0 aliphatic rings. The number of benzene rings is 12. The predicted molar refractivity (Wildman–Crippen MR) is 348 cm³/mol. The van der Waals surface area contributed by atoms with E-state index in [0.717, 1.165) is 14.6 Å². The van der Waals surface area contributed by atoms with E-state index in [4.69, 9.17) is 0 Å². The van der Waals surface area contributed by atoms with Gasteiger partial charge in [0, 0.05) is 72.4 Å². The van der Waals surface area contributed by atoms with Gasteiger partial charge in [0.1, 0.15) is 0 Å². The molecule has 8 heteroatoms. The number of hydrogen-bond donors (Lipinski definition) is 2. The van der Waals surface area contributed by atoms with Gasteiger partial charge < -0.3 is 19.2 Å². The first-order valence-electron chi connectivity index (χ1n) is 26.6. The summed E-state index contributed by atoms with van der Waals surface area (Å²) in [4.78, 5) is 0. The standard InChI is InChI=1S/C36H23NS.C24H16BrN.C12H9BO2S/c1-2-9-27(10-3-1)37-33-15-6-4-11-29(33)32-23-26(21-22-34(32)37)24-17-19-25(20-18-24)28-13-8-14-31-30-12-5-7-16-35(30)38-36(28)31;25-19-13-10-17(11-14-19)18-12-15-24-22(16-18)21-8-4-5-9-23(21)26(24)20-6-2-1-3-7-20;14-13(15)10-6-3-5-9-8-4-1-2-7-11(8)16-12(9)10/h1-23H;1-16H;1-7,14-15H. The molecule has 0 amide bonds. The average Bonchev–Trinajstić information content (AvgIpc) is 4.47. The van der Waals surface area contributed by atoms with E-state index in [1.54, 1.807) is 17.4 Å². The first-order chi connectivity index (χ1) is 39.4. The van der Waals surface area contributed by atoms with Crippen LogP contribution in [0.5, 0.6) is 0 Å². The smallest absolute Gasteiger partial charge is 0.423 e. The van der Waals surface area contributed by atoms with Gasteiger partial charge in [0.15, 0.2) is 0 Å². The summed E-state index contributed by atoms with van der Waals surface area (Å²) in [6, 6.07) is 98.8. The van der Waals surface area contributed by atoms with E-state index in [9.17, 15) is 10.0 Å². The molecule has 0 aliphatic carbocycles. The highest BCUT2D eigenvalue weighted by Crippen LogP contribution is 2.42. The summed E-state index contributed by atoms with van der Waals surface area (Å²) in [6.07, 6.45) is 0. The molecule has 0 fully saturated rings. The van der Waals surface area contributed by atoms with Crippen molar-refractivity contribution in [1.29, 1.82) is 0 Å². The molecular formula is C72H48BBrN2O2S2. The molecule has 16 aromatic rings. The summed E-state index contributed by atoms with van der Waals surface area (Å²) in [5, 5.41) is 28.7. The Labute approximate surface area is 479 Å². The third-order valence-corrected chi connectivity index (χ3v) is 18.2. The maximum Gasteiger partial charge on any atom is 0.489 e. The topological polar surface area (TPSA) is 50.3 Å². The third-order valence-electron chi connectivity index (χ3n) is 15.2. The molecule has 0 aliphatic heterocycles. The summed E-state index contributed by atoms with van der Waals surface area (Å²) in [5.74, 6) is 0. The number of hydrogen-bond acceptors (Lipinski definition) is 4. The molecule has 2 N–H and O–H groups in total. The molecule has 12 aromatic carbocycles. The van der Waals surface area contributed by atoms with Gasteiger partial charge in [-0.15, -0.1) is 22.7 Å². The zero-order valence-electron chi connectivity index (χ0n) is 43.1. The van der Waals surface area contributed by atoms with E-state index in [2.05, 4.69) is 268 Å². The third kappa shape index (κ3) is 8.98. The van der Waals surface area contributed by atoms with Crippen molar-refractivity contribution in [2.24, 2.45) is 0 Å². The van der Waals surface area contributed by atoms with Crippen LogP contribution in [-0.2, 0) is 0 Å². The van der Waals surface area contributed by atoms with Gasteiger partial charge in [-0.1, -0.05) is 210 Å². The molecular weight excluding hydrogens is 1080 g/mol. The summed E-state index contributed by atoms with van der Waals surface area (Å²) in [5.41, 5.74) is 15.4. The largest absolute Gasteiger partial charge is 0.489 e. The second-order valence-corrected chi connectivity index (χ2v) is 22.9. The number of rotatable bonds is 6. The van der Waals surface area contributed by atoms with Crippen molar-refractivity contribution in [3.05, 3.63) is 284 Å². The van der Waals surface area contributed by atoms with Gasteiger partial charge in [0.05, 0.1) is 22.1 Å². The predicted octanol–water partition coefficient (Wildman–Crippen LogP) is 19.4. The Kier molecular flexibility index (Phi) is 13.0. The fraction of sp³-hybridized carbons (Fsp3) is 0. The van der Waals surface area contributed by atoms with E-state index >= 15 is 0 Å². The van der Waals surface area contributed by atoms with E-state index in [1.165, 1.54) is 119 Å². The maximum atomic E-state index is 9.31. The fourth-order valence-electron chi connectivity index (χ4n) is 11.4. The molecule has 80 heavy (non-hydrogen) atoms. The second-order valence-electron chi connectivity index (χ2n) is 19.9. The minimum Gasteiger partial charge on any atom is -0.423 e. The summed E-state index contributed by atoms with van der Waals surface area (Å²) in [7, 11) is -1.41. The number of para-hydroxylation sites is 4. The Balaban J connectivity index is 0.000000118. The molecule has 4 nitrogen and oxygen atoms in total. The van der Waals surface area contributed by atoms with Crippen LogP contribution in [0.3, 0.4) is 0 Å². The lowest BCUT2D eigenvalue weighted by Crippen LogP contribution is -2.29. The molecule has 4 aromatic heterocycles. The molecule has 380 valence electrons. The number of halogens is 1. The first kappa shape index (κ1) is 49.4. The molecule has 16 rings (SSSR count). The monoisotopic (exact) mass is 1130 g/mol. The average molecular weight is 1130 g/mol. The normalized spacial score (nSPS) is 11.4. The SMILES string of the molecule is Brc1ccc(-c2ccc3c(c2)c2ccccc2n3-c2ccccc2)cc1.OB(O)c1cccc2c1sc1ccccc12.c1ccc(-n2c3ccccc3c3cc(-c4ccc(-c5cccc6c5sc5ccccc56)cc4)ccc32)cc1. The van der Waals surface area contributed by atoms with Gasteiger partial charge in [0.25, 0.3) is 0 Å². The Morgan fingerprint density at radius 1 is 0.300 bits per heavy atom. The minimum atomic E-state index is -1.41. The van der Waals surface area contributed by atoms with Gasteiger partial charge >= 0.3 is 7.12 Å². The quantitative estimate of drug-likeness (QED) is 0.163. The first-order valence-corrected chi connectivity index (χ1v) is 29.1. The van der Waals surface area contributed by atoms with Crippen molar-refractivity contribution < 1.29 is 10.0 Å². The van der Waals surface area contributed by atoms with Gasteiger partial charge in [-0.3, -0.25) is 0 Å². The van der Waals surface area contributed by atoms with Crippen LogP contribution in [0.4, 0.5) is 0 Å². The number of aromatic nitrogens is 2. The highest BCUT2D eigenvalue weighted by atomic mass is 79.9. The van der Waals surface area contributed by atoms with Crippen molar-refractivity contribution in [1.82, 2.24) is 9.13 Å². The number of thiophene rings is 2. The molecule has 0 saturated carbocycles. The van der Waals surface area contributed by atoms with Crippen LogP contribution in [0.15, 0.2) is 284 Å². The Hall–Kier alpha value is -8.86. The molecule has 4 heterocycles. The number of nitrogens with zero attached hydrogens (tertiary/aromatic N) is 2. The Morgan fingerprint density at radius 2 is 0.688 bits per heavy atom. The van der Waals surface area contributed by atoms with Crippen LogP contribution in [-0.4, -0.2) is 26.3 Å². The Bertz CT molecular complexity index is 4930. The van der Waals surface area contributed by atoms with Crippen LogP contribution in [0, 0.1) is 0 Å². The van der Waals surface area contributed by atoms with Gasteiger partial charge in [-0.05, 0) is 129 Å². The highest BCUT2D eigenvalue weighted by molar-refractivity contribution is 9.10. The molecule has 0 radical (unpaired) electrons. The minimum absolute atomic E-state index is 0.582. The molecule has 0 saturated heterocycles. The van der Waals surface area contributed by atoms with E-state index < -0.39 is 7.12 Å². The zero-order chi connectivity index (χ0) is 53.7. The van der Waals surface area contributed by atoms with E-state index in [-0.39, 0.29) is 0 Å². The van der Waals surface area contributed by atoms with Crippen LogP contribution in [0.2, 0.25) is 0 Å². The highest BCUT2D eigenvalue weighted by Gasteiger charge is 2.18. The lowest BCUT2D eigenvalue weighted by Gasteiger charge is -2.09. The zero-order valence-corrected chi connectivity index (χ0v) is 46.3. The molecule has 0 spiro atoms. The number of fused-ring (bicyclic) bond motifs is 12. The fourth-order valence-corrected chi connectivity index (χ4v) is 14.2.